The van der Waals surface area contributed by atoms with Crippen LogP contribution in [0.5, 0.6) is 0 Å². The normalized spacial score (nSPS) is 13.8. The van der Waals surface area contributed by atoms with E-state index in [2.05, 4.69) is 10.0 Å². The number of nitrogens with one attached hydrogen (secondary N) is 2. The molecule has 1 aliphatic rings. The minimum Gasteiger partial charge on any atom is -0.322 e. The number of hydrogen-bond donors (Lipinski definition) is 2. The first kappa shape index (κ1) is 21.6. The molecular formula is C24H23N3O4S. The molecule has 0 unspecified atom stereocenters. The smallest absolute Gasteiger partial charge is 0.261 e. The molecule has 4 rings (SSSR count). The highest BCUT2D eigenvalue weighted by atomic mass is 32.2. The standard InChI is InChI=1S/C24H23N3O4S/c1-17-6-2-3-9-22(17)26-32(30,31)21-13-11-18(12-14-21)24(29)25-19-7-4-8-20(16-19)27-15-5-10-23(27)28/h2-4,6-9,11-14,16,26H,5,10,15H2,1H3,(H,25,29). The van der Waals surface area contributed by atoms with Crippen molar-refractivity contribution in [1.82, 2.24) is 0 Å². The van der Waals surface area contributed by atoms with Crippen molar-refractivity contribution in [2.24, 2.45) is 0 Å². The molecule has 32 heavy (non-hydrogen) atoms. The van der Waals surface area contributed by atoms with E-state index in [0.29, 0.717) is 29.9 Å². The number of benzene rings is 3. The average molecular weight is 450 g/mol. The predicted octanol–water partition coefficient (Wildman–Crippen LogP) is 4.17. The minimum atomic E-state index is -3.78. The highest BCUT2D eigenvalue weighted by Gasteiger charge is 2.22. The highest BCUT2D eigenvalue weighted by Crippen LogP contribution is 2.25. The van der Waals surface area contributed by atoms with Crippen molar-refractivity contribution in [1.29, 1.82) is 0 Å². The van der Waals surface area contributed by atoms with Gasteiger partial charge in [-0.2, -0.15) is 0 Å². The molecule has 2 N–H and O–H groups in total. The van der Waals surface area contributed by atoms with Crippen LogP contribution < -0.4 is 14.9 Å². The van der Waals surface area contributed by atoms with Gasteiger partial charge in [-0.1, -0.05) is 24.3 Å². The molecule has 1 saturated heterocycles. The quantitative estimate of drug-likeness (QED) is 0.590. The summed E-state index contributed by atoms with van der Waals surface area (Å²) in [5, 5.41) is 2.80. The molecule has 0 aliphatic carbocycles. The molecule has 0 atom stereocenters. The maximum absolute atomic E-state index is 12.7. The predicted molar refractivity (Wildman–Crippen MR) is 124 cm³/mol. The molecule has 7 nitrogen and oxygen atoms in total. The SMILES string of the molecule is Cc1ccccc1NS(=O)(=O)c1ccc(C(=O)Nc2cccc(N3CCCC3=O)c2)cc1. The second-order valence-electron chi connectivity index (χ2n) is 7.60. The molecule has 164 valence electrons. The summed E-state index contributed by atoms with van der Waals surface area (Å²) in [5.74, 6) is -0.296. The van der Waals surface area contributed by atoms with Crippen LogP contribution in [0.4, 0.5) is 17.1 Å². The van der Waals surface area contributed by atoms with Crippen LogP contribution >= 0.6 is 0 Å². The summed E-state index contributed by atoms with van der Waals surface area (Å²) in [6, 6.07) is 19.9. The molecule has 0 radical (unpaired) electrons. The molecule has 0 spiro atoms. The van der Waals surface area contributed by atoms with Crippen molar-refractivity contribution in [3.8, 4) is 0 Å². The van der Waals surface area contributed by atoms with Crippen molar-refractivity contribution >= 4 is 38.9 Å². The van der Waals surface area contributed by atoms with Crippen molar-refractivity contribution < 1.29 is 18.0 Å². The lowest BCUT2D eigenvalue weighted by Gasteiger charge is -2.16. The van der Waals surface area contributed by atoms with Gasteiger partial charge in [0.05, 0.1) is 10.6 Å². The van der Waals surface area contributed by atoms with Crippen molar-refractivity contribution in [2.45, 2.75) is 24.7 Å². The summed E-state index contributed by atoms with van der Waals surface area (Å²) in [6.07, 6.45) is 1.36. The zero-order valence-corrected chi connectivity index (χ0v) is 18.4. The number of para-hydroxylation sites is 1. The fourth-order valence-electron chi connectivity index (χ4n) is 3.55. The fraction of sp³-hybridized carbons (Fsp3) is 0.167. The summed E-state index contributed by atoms with van der Waals surface area (Å²) in [4.78, 5) is 26.4. The van der Waals surface area contributed by atoms with Crippen molar-refractivity contribution in [3.63, 3.8) is 0 Å². The monoisotopic (exact) mass is 449 g/mol. The Labute approximate surface area is 187 Å². The molecule has 8 heteroatoms. The molecule has 0 saturated carbocycles. The van der Waals surface area contributed by atoms with Gasteiger partial charge in [0.1, 0.15) is 0 Å². The zero-order chi connectivity index (χ0) is 22.7. The lowest BCUT2D eigenvalue weighted by molar-refractivity contribution is -0.117. The van der Waals surface area contributed by atoms with E-state index in [4.69, 9.17) is 0 Å². The second-order valence-corrected chi connectivity index (χ2v) is 9.28. The van der Waals surface area contributed by atoms with E-state index < -0.39 is 10.0 Å². The number of aryl methyl sites for hydroxylation is 1. The van der Waals surface area contributed by atoms with Crippen LogP contribution in [0.2, 0.25) is 0 Å². The van der Waals surface area contributed by atoms with Crippen LogP contribution in [0.3, 0.4) is 0 Å². The largest absolute Gasteiger partial charge is 0.322 e. The van der Waals surface area contributed by atoms with Gasteiger partial charge in [-0.15, -0.1) is 0 Å². The van der Waals surface area contributed by atoms with Crippen LogP contribution in [0.15, 0.2) is 77.7 Å². The second kappa shape index (κ2) is 8.84. The van der Waals surface area contributed by atoms with E-state index in [9.17, 15) is 18.0 Å². The Morgan fingerprint density at radius 3 is 2.41 bits per heavy atom. The van der Waals surface area contributed by atoms with Gasteiger partial charge in [0.25, 0.3) is 15.9 Å². The average Bonchev–Trinajstić information content (AvgIpc) is 3.21. The first-order valence-electron chi connectivity index (χ1n) is 10.2. The number of rotatable bonds is 6. The van der Waals surface area contributed by atoms with Gasteiger partial charge < -0.3 is 10.2 Å². The maximum Gasteiger partial charge on any atom is 0.261 e. The minimum absolute atomic E-state index is 0.0619. The number of anilines is 3. The summed E-state index contributed by atoms with van der Waals surface area (Å²) in [7, 11) is -3.78. The number of amides is 2. The molecule has 3 aromatic rings. The topological polar surface area (TPSA) is 95.6 Å². The van der Waals surface area contributed by atoms with Gasteiger partial charge in [-0.05, 0) is 67.4 Å². The van der Waals surface area contributed by atoms with E-state index >= 15 is 0 Å². The Morgan fingerprint density at radius 1 is 0.969 bits per heavy atom. The third kappa shape index (κ3) is 4.65. The van der Waals surface area contributed by atoms with Gasteiger partial charge in [-0.3, -0.25) is 14.3 Å². The van der Waals surface area contributed by atoms with Crippen LogP contribution in [0, 0.1) is 6.92 Å². The number of nitrogens with zero attached hydrogens (tertiary/aromatic N) is 1. The lowest BCUT2D eigenvalue weighted by atomic mass is 10.2. The Hall–Kier alpha value is -3.65. The van der Waals surface area contributed by atoms with Crippen LogP contribution in [0.25, 0.3) is 0 Å². The van der Waals surface area contributed by atoms with E-state index in [-0.39, 0.29) is 16.7 Å². The molecular weight excluding hydrogens is 426 g/mol. The Morgan fingerprint density at radius 2 is 1.72 bits per heavy atom. The van der Waals surface area contributed by atoms with E-state index in [1.54, 1.807) is 35.2 Å². The first-order valence-corrected chi connectivity index (χ1v) is 11.7. The number of carbonyl (C=O) groups excluding carboxylic acids is 2. The fourth-order valence-corrected chi connectivity index (χ4v) is 4.68. The molecule has 1 heterocycles. The third-order valence-corrected chi connectivity index (χ3v) is 6.69. The van der Waals surface area contributed by atoms with Crippen LogP contribution in [-0.4, -0.2) is 26.8 Å². The zero-order valence-electron chi connectivity index (χ0n) is 17.5. The highest BCUT2D eigenvalue weighted by molar-refractivity contribution is 7.92. The molecule has 0 bridgehead atoms. The van der Waals surface area contributed by atoms with E-state index in [1.807, 2.05) is 25.1 Å². The van der Waals surface area contributed by atoms with Gasteiger partial charge in [-0.25, -0.2) is 8.42 Å². The summed E-state index contributed by atoms with van der Waals surface area (Å²) < 4.78 is 27.9. The molecule has 1 fully saturated rings. The van der Waals surface area contributed by atoms with Gasteiger partial charge in [0, 0.05) is 29.9 Å². The van der Waals surface area contributed by atoms with Gasteiger partial charge in [0.2, 0.25) is 5.91 Å². The van der Waals surface area contributed by atoms with Gasteiger partial charge >= 0.3 is 0 Å². The van der Waals surface area contributed by atoms with E-state index in [0.717, 1.165) is 17.7 Å². The summed E-state index contributed by atoms with van der Waals surface area (Å²) >= 11 is 0. The Balaban J connectivity index is 1.47. The lowest BCUT2D eigenvalue weighted by Crippen LogP contribution is -2.23. The van der Waals surface area contributed by atoms with Crippen LogP contribution in [-0.2, 0) is 14.8 Å². The molecule has 3 aromatic carbocycles. The van der Waals surface area contributed by atoms with Crippen molar-refractivity contribution in [2.75, 3.05) is 21.5 Å². The molecule has 0 aromatic heterocycles. The number of sulfonamides is 1. The molecule has 1 aliphatic heterocycles. The maximum atomic E-state index is 12.7. The van der Waals surface area contributed by atoms with Crippen molar-refractivity contribution in [3.05, 3.63) is 83.9 Å². The first-order chi connectivity index (χ1) is 15.3. The van der Waals surface area contributed by atoms with Crippen LogP contribution in [0.1, 0.15) is 28.8 Å². The third-order valence-electron chi connectivity index (χ3n) is 5.31. The summed E-state index contributed by atoms with van der Waals surface area (Å²) in [5.41, 5.74) is 2.94. The Bertz CT molecular complexity index is 1270. The van der Waals surface area contributed by atoms with E-state index in [1.165, 1.54) is 24.3 Å². The number of hydrogen-bond acceptors (Lipinski definition) is 4. The number of carbonyl (C=O) groups is 2. The van der Waals surface area contributed by atoms with Gasteiger partial charge in [0.15, 0.2) is 0 Å². The molecule has 2 amide bonds. The summed E-state index contributed by atoms with van der Waals surface area (Å²) in [6.45, 7) is 2.49. The Kier molecular flexibility index (Phi) is 5.96.